The second-order valence-corrected chi connectivity index (χ2v) is 3.04. The van der Waals surface area contributed by atoms with Crippen LogP contribution in [0.5, 0.6) is 0 Å². The molecule has 1 amide bonds. The van der Waals surface area contributed by atoms with Crippen molar-refractivity contribution in [2.45, 2.75) is 24.8 Å². The Bertz CT molecular complexity index is 222. The van der Waals surface area contributed by atoms with Crippen LogP contribution in [0.2, 0.25) is 0 Å². The molecule has 0 spiro atoms. The maximum absolute atomic E-state index is 11.3. The molecule has 1 rings (SSSR count). The summed E-state index contributed by atoms with van der Waals surface area (Å²) >= 11 is 0. The average Bonchev–Trinajstić information content (AvgIpc) is 2.09. The molecule has 5 nitrogen and oxygen atoms in total. The van der Waals surface area contributed by atoms with Crippen LogP contribution in [0.25, 0.3) is 0 Å². The van der Waals surface area contributed by atoms with Crippen molar-refractivity contribution < 1.29 is 19.1 Å². The summed E-state index contributed by atoms with van der Waals surface area (Å²) in [5, 5.41) is 2.49. The first kappa shape index (κ1) is 9.83. The number of hydrogen-bond acceptors (Lipinski definition) is 4. The summed E-state index contributed by atoms with van der Waals surface area (Å²) in [6, 6.07) is 0. The molecule has 0 bridgehead atoms. The summed E-state index contributed by atoms with van der Waals surface area (Å²) in [5.41, 5.74) is -0.832. The molecule has 0 aromatic heterocycles. The van der Waals surface area contributed by atoms with Crippen molar-refractivity contribution in [3.8, 4) is 0 Å². The molecule has 1 aliphatic rings. The van der Waals surface area contributed by atoms with E-state index in [-0.39, 0.29) is 0 Å². The van der Waals surface area contributed by atoms with Gasteiger partial charge in [-0.15, -0.1) is 0 Å². The Balaban J connectivity index is 2.59. The van der Waals surface area contributed by atoms with Gasteiger partial charge in [0.25, 0.3) is 0 Å². The summed E-state index contributed by atoms with van der Waals surface area (Å²) in [7, 11) is 2.57. The highest BCUT2D eigenvalue weighted by atomic mass is 16.5. The average molecular weight is 187 g/mol. The van der Waals surface area contributed by atoms with Crippen molar-refractivity contribution in [1.29, 1.82) is 0 Å². The Hall–Kier alpha value is -1.26. The van der Waals surface area contributed by atoms with E-state index in [4.69, 9.17) is 0 Å². The van der Waals surface area contributed by atoms with Crippen molar-refractivity contribution in [1.82, 2.24) is 5.32 Å². The quantitative estimate of drug-likeness (QED) is 0.637. The SMILES string of the molecule is COC(=O)NC1(C(=O)OC)CCC1. The van der Waals surface area contributed by atoms with Crippen LogP contribution in [0.3, 0.4) is 0 Å². The largest absolute Gasteiger partial charge is 0.467 e. The molecule has 0 aromatic carbocycles. The summed E-state index contributed by atoms with van der Waals surface area (Å²) < 4.78 is 9.01. The van der Waals surface area contributed by atoms with Crippen LogP contribution in [-0.4, -0.2) is 31.8 Å². The minimum absolute atomic E-state index is 0.399. The lowest BCUT2D eigenvalue weighted by Crippen LogP contribution is -2.59. The Morgan fingerprint density at radius 2 is 1.85 bits per heavy atom. The number of rotatable bonds is 2. The fraction of sp³-hybridized carbons (Fsp3) is 0.750. The topological polar surface area (TPSA) is 64.6 Å². The van der Waals surface area contributed by atoms with Crippen molar-refractivity contribution in [3.05, 3.63) is 0 Å². The molecule has 5 heteroatoms. The van der Waals surface area contributed by atoms with Gasteiger partial charge >= 0.3 is 12.1 Å². The number of nitrogens with one attached hydrogen (secondary N) is 1. The van der Waals surface area contributed by atoms with Gasteiger partial charge in [0.2, 0.25) is 0 Å². The Morgan fingerprint density at radius 1 is 1.23 bits per heavy atom. The lowest BCUT2D eigenvalue weighted by molar-refractivity contribution is -0.152. The molecular weight excluding hydrogens is 174 g/mol. The van der Waals surface area contributed by atoms with Gasteiger partial charge in [0.15, 0.2) is 0 Å². The molecule has 0 aliphatic heterocycles. The lowest BCUT2D eigenvalue weighted by atomic mass is 9.77. The van der Waals surface area contributed by atoms with E-state index >= 15 is 0 Å². The third-order valence-corrected chi connectivity index (χ3v) is 2.31. The van der Waals surface area contributed by atoms with Crippen LogP contribution in [0.1, 0.15) is 19.3 Å². The van der Waals surface area contributed by atoms with Crippen LogP contribution in [0, 0.1) is 0 Å². The monoisotopic (exact) mass is 187 g/mol. The van der Waals surface area contributed by atoms with Gasteiger partial charge in [-0.25, -0.2) is 9.59 Å². The zero-order chi connectivity index (χ0) is 9.90. The first-order valence-electron chi connectivity index (χ1n) is 4.09. The third kappa shape index (κ3) is 1.74. The highest BCUT2D eigenvalue weighted by Gasteiger charge is 2.46. The molecular formula is C8H13NO4. The fourth-order valence-corrected chi connectivity index (χ4v) is 1.35. The molecule has 0 unspecified atom stereocenters. The highest BCUT2D eigenvalue weighted by molar-refractivity contribution is 5.86. The smallest absolute Gasteiger partial charge is 0.407 e. The number of hydrogen-bond donors (Lipinski definition) is 1. The van der Waals surface area contributed by atoms with Crippen LogP contribution in [-0.2, 0) is 14.3 Å². The molecule has 1 fully saturated rings. The van der Waals surface area contributed by atoms with Gasteiger partial charge in [-0.05, 0) is 19.3 Å². The van der Waals surface area contributed by atoms with Gasteiger partial charge in [-0.3, -0.25) is 0 Å². The lowest BCUT2D eigenvalue weighted by Gasteiger charge is -2.38. The normalized spacial score (nSPS) is 18.3. The second kappa shape index (κ2) is 3.64. The van der Waals surface area contributed by atoms with E-state index in [9.17, 15) is 9.59 Å². The predicted octanol–water partition coefficient (Wildman–Crippen LogP) is 0.438. The molecule has 0 saturated heterocycles. The number of ether oxygens (including phenoxy) is 2. The van der Waals surface area contributed by atoms with E-state index in [1.165, 1.54) is 14.2 Å². The molecule has 0 atom stereocenters. The molecule has 0 radical (unpaired) electrons. The Labute approximate surface area is 76.4 Å². The van der Waals surface area contributed by atoms with Gasteiger partial charge in [-0.1, -0.05) is 0 Å². The van der Waals surface area contributed by atoms with Crippen molar-refractivity contribution in [2.24, 2.45) is 0 Å². The first-order valence-corrected chi connectivity index (χ1v) is 4.09. The second-order valence-electron chi connectivity index (χ2n) is 3.04. The number of carbonyl (C=O) groups excluding carboxylic acids is 2. The molecule has 1 saturated carbocycles. The van der Waals surface area contributed by atoms with E-state index in [1.807, 2.05) is 0 Å². The summed E-state index contributed by atoms with van der Waals surface area (Å²) in [6.45, 7) is 0. The molecule has 74 valence electrons. The minimum atomic E-state index is -0.832. The van der Waals surface area contributed by atoms with Gasteiger partial charge in [0.1, 0.15) is 5.54 Å². The van der Waals surface area contributed by atoms with E-state index in [2.05, 4.69) is 14.8 Å². The van der Waals surface area contributed by atoms with Crippen molar-refractivity contribution in [3.63, 3.8) is 0 Å². The van der Waals surface area contributed by atoms with Crippen molar-refractivity contribution >= 4 is 12.1 Å². The van der Waals surface area contributed by atoms with Crippen molar-refractivity contribution in [2.75, 3.05) is 14.2 Å². The Kier molecular flexibility index (Phi) is 2.75. The number of amides is 1. The van der Waals surface area contributed by atoms with Crippen LogP contribution < -0.4 is 5.32 Å². The predicted molar refractivity (Wildman–Crippen MR) is 44.1 cm³/mol. The summed E-state index contributed by atoms with van der Waals surface area (Å²) in [4.78, 5) is 22.2. The highest BCUT2D eigenvalue weighted by Crippen LogP contribution is 2.32. The maximum atomic E-state index is 11.3. The summed E-state index contributed by atoms with van der Waals surface area (Å²) in [5.74, 6) is -0.399. The van der Waals surface area contributed by atoms with Crippen LogP contribution in [0.4, 0.5) is 4.79 Å². The number of esters is 1. The molecule has 0 heterocycles. The van der Waals surface area contributed by atoms with Crippen LogP contribution >= 0.6 is 0 Å². The maximum Gasteiger partial charge on any atom is 0.407 e. The van der Waals surface area contributed by atoms with E-state index < -0.39 is 17.6 Å². The van der Waals surface area contributed by atoms with E-state index in [0.29, 0.717) is 12.8 Å². The standard InChI is InChI=1S/C8H13NO4/c1-12-6(10)8(4-3-5-8)9-7(11)13-2/h3-5H2,1-2H3,(H,9,11). The number of methoxy groups -OCH3 is 2. The van der Waals surface area contributed by atoms with Gasteiger partial charge in [0, 0.05) is 0 Å². The number of alkyl carbamates (subject to hydrolysis) is 1. The minimum Gasteiger partial charge on any atom is -0.467 e. The van der Waals surface area contributed by atoms with Crippen LogP contribution in [0.15, 0.2) is 0 Å². The molecule has 13 heavy (non-hydrogen) atoms. The summed E-state index contributed by atoms with van der Waals surface area (Å²) in [6.07, 6.45) is 1.56. The Morgan fingerprint density at radius 3 is 2.15 bits per heavy atom. The molecule has 0 aromatic rings. The third-order valence-electron chi connectivity index (χ3n) is 2.31. The van der Waals surface area contributed by atoms with E-state index in [1.54, 1.807) is 0 Å². The fourth-order valence-electron chi connectivity index (χ4n) is 1.35. The van der Waals surface area contributed by atoms with Gasteiger partial charge < -0.3 is 14.8 Å². The van der Waals surface area contributed by atoms with E-state index in [0.717, 1.165) is 6.42 Å². The van der Waals surface area contributed by atoms with Gasteiger partial charge in [0.05, 0.1) is 14.2 Å². The zero-order valence-electron chi connectivity index (χ0n) is 7.75. The molecule has 1 aliphatic carbocycles. The molecule has 1 N–H and O–H groups in total. The van der Waals surface area contributed by atoms with Gasteiger partial charge in [-0.2, -0.15) is 0 Å². The zero-order valence-corrected chi connectivity index (χ0v) is 7.75. The first-order chi connectivity index (χ1) is 6.14. The number of carbonyl (C=O) groups is 2.